The molecule has 2 N–H and O–H groups in total. The standard InChI is InChI=1S/C31H33N5O2S/c1-6-28(37)33-24-15-14-22(18-27(24)38-5)36-30(29(34-31(36)39)25-12-9-10-16-32-25)23-17-20(3)35(21(23)4)26-13-8-7-11-19(26)2/h7-18,29-30H,6H2,1-5H3,(H,33,37)(H,34,39)/t29-,30+/m1/s1. The van der Waals surface area contributed by atoms with Crippen LogP contribution in [-0.4, -0.2) is 27.7 Å². The zero-order valence-corrected chi connectivity index (χ0v) is 23.7. The summed E-state index contributed by atoms with van der Waals surface area (Å²) < 4.78 is 7.98. The van der Waals surface area contributed by atoms with E-state index in [-0.39, 0.29) is 18.0 Å². The van der Waals surface area contributed by atoms with E-state index in [4.69, 9.17) is 21.9 Å². The monoisotopic (exact) mass is 539 g/mol. The molecular weight excluding hydrogens is 506 g/mol. The van der Waals surface area contributed by atoms with E-state index in [9.17, 15) is 4.79 Å². The van der Waals surface area contributed by atoms with Crippen molar-refractivity contribution in [2.75, 3.05) is 17.3 Å². The van der Waals surface area contributed by atoms with E-state index in [1.807, 2.05) is 49.5 Å². The molecule has 0 radical (unpaired) electrons. The fourth-order valence-corrected chi connectivity index (χ4v) is 5.74. The summed E-state index contributed by atoms with van der Waals surface area (Å²) in [4.78, 5) is 18.9. The number of nitrogens with one attached hydrogen (secondary N) is 2. The van der Waals surface area contributed by atoms with E-state index in [0.29, 0.717) is 23.0 Å². The lowest BCUT2D eigenvalue weighted by molar-refractivity contribution is -0.115. The predicted octanol–water partition coefficient (Wildman–Crippen LogP) is 6.33. The average Bonchev–Trinajstić information content (AvgIpc) is 3.44. The van der Waals surface area contributed by atoms with Gasteiger partial charge in [0.25, 0.3) is 0 Å². The number of rotatable bonds is 7. The Bertz CT molecular complexity index is 1530. The first kappa shape index (κ1) is 26.4. The van der Waals surface area contributed by atoms with Gasteiger partial charge in [-0.25, -0.2) is 0 Å². The number of thiocarbonyl (C=S) groups is 1. The molecule has 1 aliphatic rings. The van der Waals surface area contributed by atoms with Gasteiger partial charge in [-0.1, -0.05) is 31.2 Å². The van der Waals surface area contributed by atoms with Crippen LogP contribution in [0, 0.1) is 20.8 Å². The van der Waals surface area contributed by atoms with Crippen molar-refractivity contribution in [3.8, 4) is 11.4 Å². The third-order valence-corrected chi connectivity index (χ3v) is 7.62. The van der Waals surface area contributed by atoms with Gasteiger partial charge in [0.15, 0.2) is 5.11 Å². The quantitative estimate of drug-likeness (QED) is 0.267. The second-order valence-corrected chi connectivity index (χ2v) is 10.1. The molecule has 0 aliphatic carbocycles. The van der Waals surface area contributed by atoms with Crippen LogP contribution in [-0.2, 0) is 4.79 Å². The number of ether oxygens (including phenoxy) is 1. The number of amides is 1. The minimum atomic E-state index is -0.171. The topological polar surface area (TPSA) is 71.4 Å². The maximum absolute atomic E-state index is 12.1. The molecule has 39 heavy (non-hydrogen) atoms. The molecule has 200 valence electrons. The molecule has 0 saturated carbocycles. The maximum atomic E-state index is 12.1. The van der Waals surface area contributed by atoms with Gasteiger partial charge in [0.05, 0.1) is 30.6 Å². The Morgan fingerprint density at radius 3 is 2.54 bits per heavy atom. The highest BCUT2D eigenvalue weighted by atomic mass is 32.1. The highest BCUT2D eigenvalue weighted by molar-refractivity contribution is 7.80. The molecule has 1 fully saturated rings. The van der Waals surface area contributed by atoms with Gasteiger partial charge in [0.1, 0.15) is 5.75 Å². The number of methoxy groups -OCH3 is 1. The third-order valence-electron chi connectivity index (χ3n) is 7.30. The molecule has 0 spiro atoms. The second-order valence-electron chi connectivity index (χ2n) is 9.73. The summed E-state index contributed by atoms with van der Waals surface area (Å²) in [6, 6.07) is 22.0. The van der Waals surface area contributed by atoms with Crippen LogP contribution in [0.3, 0.4) is 0 Å². The number of anilines is 2. The third kappa shape index (κ3) is 4.88. The average molecular weight is 540 g/mol. The molecule has 5 rings (SSSR count). The molecule has 0 unspecified atom stereocenters. The highest BCUT2D eigenvalue weighted by Crippen LogP contribution is 2.45. The number of hydrogen-bond donors (Lipinski definition) is 2. The molecule has 1 amide bonds. The molecule has 1 aliphatic heterocycles. The lowest BCUT2D eigenvalue weighted by Crippen LogP contribution is -2.29. The van der Waals surface area contributed by atoms with E-state index in [1.54, 1.807) is 7.11 Å². The fourth-order valence-electron chi connectivity index (χ4n) is 5.39. The van der Waals surface area contributed by atoms with Crippen molar-refractivity contribution in [1.82, 2.24) is 14.9 Å². The Morgan fingerprint density at radius 1 is 1.08 bits per heavy atom. The van der Waals surface area contributed by atoms with E-state index < -0.39 is 0 Å². The zero-order chi connectivity index (χ0) is 27.7. The van der Waals surface area contributed by atoms with Crippen molar-refractivity contribution in [3.63, 3.8) is 0 Å². The molecule has 0 bridgehead atoms. The Balaban J connectivity index is 1.66. The maximum Gasteiger partial charge on any atom is 0.224 e. The largest absolute Gasteiger partial charge is 0.494 e. The molecule has 2 aromatic heterocycles. The number of benzene rings is 2. The lowest BCUT2D eigenvalue weighted by Gasteiger charge is -2.29. The van der Waals surface area contributed by atoms with E-state index in [1.165, 1.54) is 5.56 Å². The minimum Gasteiger partial charge on any atom is -0.494 e. The highest BCUT2D eigenvalue weighted by Gasteiger charge is 2.42. The minimum absolute atomic E-state index is 0.0730. The van der Waals surface area contributed by atoms with Crippen LogP contribution in [0.5, 0.6) is 5.75 Å². The van der Waals surface area contributed by atoms with Gasteiger partial charge in [-0.2, -0.15) is 0 Å². The number of hydrogen-bond acceptors (Lipinski definition) is 4. The first-order chi connectivity index (χ1) is 18.8. The first-order valence-electron chi connectivity index (χ1n) is 13.1. The Hall–Kier alpha value is -4.17. The molecule has 3 heterocycles. The van der Waals surface area contributed by atoms with Gasteiger partial charge in [-0.3, -0.25) is 9.78 Å². The number of para-hydroxylation sites is 1. The predicted molar refractivity (Wildman–Crippen MR) is 160 cm³/mol. The van der Waals surface area contributed by atoms with Crippen LogP contribution >= 0.6 is 12.2 Å². The summed E-state index contributed by atoms with van der Waals surface area (Å²) in [6.07, 6.45) is 2.19. The number of aryl methyl sites for hydroxylation is 2. The van der Waals surface area contributed by atoms with Crippen LogP contribution in [0.2, 0.25) is 0 Å². The van der Waals surface area contributed by atoms with Crippen molar-refractivity contribution in [1.29, 1.82) is 0 Å². The van der Waals surface area contributed by atoms with Gasteiger partial charge >= 0.3 is 0 Å². The SMILES string of the molecule is CCC(=O)Nc1ccc(N2C(=S)N[C@H](c3ccccn3)[C@@H]2c2cc(C)n(-c3ccccc3C)c2C)cc1OC. The smallest absolute Gasteiger partial charge is 0.224 e. The van der Waals surface area contributed by atoms with E-state index >= 15 is 0 Å². The molecule has 8 heteroatoms. The summed E-state index contributed by atoms with van der Waals surface area (Å²) in [5.41, 5.74) is 8.20. The van der Waals surface area contributed by atoms with Crippen LogP contribution in [0.4, 0.5) is 11.4 Å². The molecule has 4 aromatic rings. The second kappa shape index (κ2) is 10.9. The molecule has 7 nitrogen and oxygen atoms in total. The van der Waals surface area contributed by atoms with Crippen LogP contribution in [0.15, 0.2) is 72.9 Å². The van der Waals surface area contributed by atoms with Gasteiger partial charge in [0, 0.05) is 41.4 Å². The van der Waals surface area contributed by atoms with Crippen molar-refractivity contribution in [3.05, 3.63) is 101 Å². The van der Waals surface area contributed by atoms with Crippen molar-refractivity contribution < 1.29 is 9.53 Å². The normalized spacial score (nSPS) is 16.7. The summed E-state index contributed by atoms with van der Waals surface area (Å²) >= 11 is 5.94. The summed E-state index contributed by atoms with van der Waals surface area (Å²) in [5.74, 6) is 0.499. The number of carbonyl (C=O) groups excluding carboxylic acids is 1. The molecule has 2 atom stereocenters. The Kier molecular flexibility index (Phi) is 7.39. The van der Waals surface area contributed by atoms with Crippen molar-refractivity contribution in [2.45, 2.75) is 46.2 Å². The van der Waals surface area contributed by atoms with Gasteiger partial charge in [-0.15, -0.1) is 0 Å². The fraction of sp³-hybridized carbons (Fsp3) is 0.258. The number of aromatic nitrogens is 2. The van der Waals surface area contributed by atoms with Crippen molar-refractivity contribution in [2.24, 2.45) is 0 Å². The zero-order valence-electron chi connectivity index (χ0n) is 22.9. The van der Waals surface area contributed by atoms with E-state index in [2.05, 4.69) is 71.2 Å². The van der Waals surface area contributed by atoms with Gasteiger partial charge < -0.3 is 24.8 Å². The summed E-state index contributed by atoms with van der Waals surface area (Å²) in [5, 5.41) is 7.06. The van der Waals surface area contributed by atoms with Crippen LogP contribution < -0.4 is 20.3 Å². The Morgan fingerprint density at radius 2 is 1.85 bits per heavy atom. The molecule has 2 aromatic carbocycles. The summed E-state index contributed by atoms with van der Waals surface area (Å²) in [6.45, 7) is 8.25. The van der Waals surface area contributed by atoms with Crippen LogP contribution in [0.1, 0.15) is 53.6 Å². The number of pyridine rings is 1. The molecule has 1 saturated heterocycles. The van der Waals surface area contributed by atoms with E-state index in [0.717, 1.165) is 34.0 Å². The summed E-state index contributed by atoms with van der Waals surface area (Å²) in [7, 11) is 1.60. The number of carbonyl (C=O) groups is 1. The van der Waals surface area contributed by atoms with Crippen LogP contribution in [0.25, 0.3) is 5.69 Å². The Labute approximate surface area is 234 Å². The lowest BCUT2D eigenvalue weighted by atomic mass is 9.96. The van der Waals surface area contributed by atoms with Gasteiger partial charge in [-0.05, 0) is 80.5 Å². The van der Waals surface area contributed by atoms with Gasteiger partial charge in [0.2, 0.25) is 5.91 Å². The first-order valence-corrected chi connectivity index (χ1v) is 13.5. The van der Waals surface area contributed by atoms with Crippen molar-refractivity contribution >= 4 is 34.6 Å². The molecular formula is C31H33N5O2S. The number of nitrogens with zero attached hydrogens (tertiary/aromatic N) is 3.